The molecule has 0 amide bonds. The van der Waals surface area contributed by atoms with Crippen LogP contribution in [0.1, 0.15) is 0 Å². The van der Waals surface area contributed by atoms with Crippen LogP contribution in [-0.2, 0) is 0 Å². The largest absolute Gasteiger partial charge is 0.507 e. The van der Waals surface area contributed by atoms with E-state index in [9.17, 15) is 5.11 Å². The van der Waals surface area contributed by atoms with Crippen molar-refractivity contribution in [2.75, 3.05) is 7.11 Å². The van der Waals surface area contributed by atoms with Crippen molar-refractivity contribution < 1.29 is 14.4 Å². The maximum atomic E-state index is 9.84. The van der Waals surface area contributed by atoms with Crippen molar-refractivity contribution in [3.8, 4) is 34.6 Å². The smallest absolute Gasteiger partial charge is 0.262 e. The first kappa shape index (κ1) is 13.3. The van der Waals surface area contributed by atoms with Gasteiger partial charge in [0.1, 0.15) is 11.4 Å². The van der Waals surface area contributed by atoms with Crippen LogP contribution in [-0.4, -0.2) is 32.6 Å². The minimum Gasteiger partial charge on any atom is -0.507 e. The van der Waals surface area contributed by atoms with Gasteiger partial charge in [0.15, 0.2) is 0 Å². The Morgan fingerprint density at radius 3 is 2.71 bits per heavy atom. The Kier molecular flexibility index (Phi) is 3.41. The van der Waals surface area contributed by atoms with Gasteiger partial charge in [-0.1, -0.05) is 16.8 Å². The first-order valence-corrected chi connectivity index (χ1v) is 6.26. The van der Waals surface area contributed by atoms with E-state index in [0.717, 1.165) is 0 Å². The zero-order chi connectivity index (χ0) is 14.8. The molecule has 2 heterocycles. The van der Waals surface area contributed by atoms with Crippen LogP contribution in [0.15, 0.2) is 34.9 Å². The van der Waals surface area contributed by atoms with Crippen molar-refractivity contribution >= 4 is 11.6 Å². The van der Waals surface area contributed by atoms with Crippen LogP contribution < -0.4 is 4.74 Å². The molecule has 0 spiro atoms. The molecule has 21 heavy (non-hydrogen) atoms. The Bertz CT molecular complexity index is 773. The standard InChI is InChI=1S/C13H9ClN4O3/c1-20-11-5-4-9(16-17-11)12-15-13(21-18-12)8-3-2-7(14)6-10(8)19/h2-6,19H,1H3. The van der Waals surface area contributed by atoms with Crippen molar-refractivity contribution in [2.45, 2.75) is 0 Å². The maximum absolute atomic E-state index is 9.84. The summed E-state index contributed by atoms with van der Waals surface area (Å²) in [6, 6.07) is 7.90. The molecule has 0 radical (unpaired) electrons. The predicted molar refractivity (Wildman–Crippen MR) is 74.0 cm³/mol. The first-order chi connectivity index (χ1) is 10.2. The van der Waals surface area contributed by atoms with Crippen molar-refractivity contribution in [1.29, 1.82) is 0 Å². The van der Waals surface area contributed by atoms with E-state index in [1.165, 1.54) is 13.2 Å². The third-order valence-corrected chi connectivity index (χ3v) is 2.93. The second-order valence-corrected chi connectivity index (χ2v) is 4.48. The van der Waals surface area contributed by atoms with Gasteiger partial charge in [0, 0.05) is 11.1 Å². The fourth-order valence-electron chi connectivity index (χ4n) is 1.67. The number of aromatic hydroxyl groups is 1. The number of phenols is 1. The van der Waals surface area contributed by atoms with Crippen LogP contribution in [0.4, 0.5) is 0 Å². The molecule has 0 bridgehead atoms. The molecule has 106 valence electrons. The number of ether oxygens (including phenoxy) is 1. The van der Waals surface area contributed by atoms with Crippen molar-refractivity contribution in [3.63, 3.8) is 0 Å². The van der Waals surface area contributed by atoms with Gasteiger partial charge in [0.25, 0.3) is 5.89 Å². The minimum absolute atomic E-state index is 0.0430. The Balaban J connectivity index is 1.95. The summed E-state index contributed by atoms with van der Waals surface area (Å²) in [7, 11) is 1.50. The monoisotopic (exact) mass is 304 g/mol. The highest BCUT2D eigenvalue weighted by Crippen LogP contribution is 2.31. The van der Waals surface area contributed by atoms with E-state index in [-0.39, 0.29) is 17.5 Å². The first-order valence-electron chi connectivity index (χ1n) is 5.88. The van der Waals surface area contributed by atoms with E-state index in [0.29, 0.717) is 22.2 Å². The Morgan fingerprint density at radius 1 is 1.19 bits per heavy atom. The summed E-state index contributed by atoms with van der Waals surface area (Å²) in [5.74, 6) is 0.766. The number of hydrogen-bond acceptors (Lipinski definition) is 7. The van der Waals surface area contributed by atoms with Gasteiger partial charge in [-0.05, 0) is 24.3 Å². The van der Waals surface area contributed by atoms with Gasteiger partial charge in [0.05, 0.1) is 12.7 Å². The van der Waals surface area contributed by atoms with Crippen molar-refractivity contribution in [3.05, 3.63) is 35.4 Å². The predicted octanol–water partition coefficient (Wildman–Crippen LogP) is 2.56. The van der Waals surface area contributed by atoms with Crippen LogP contribution in [0.2, 0.25) is 5.02 Å². The van der Waals surface area contributed by atoms with E-state index >= 15 is 0 Å². The van der Waals surface area contributed by atoms with Gasteiger partial charge < -0.3 is 14.4 Å². The molecular weight excluding hydrogens is 296 g/mol. The summed E-state index contributed by atoms with van der Waals surface area (Å²) in [5, 5.41) is 21.8. The van der Waals surface area contributed by atoms with Gasteiger partial charge in [-0.3, -0.25) is 0 Å². The molecule has 2 aromatic heterocycles. The number of aromatic nitrogens is 4. The summed E-state index contributed by atoms with van der Waals surface area (Å²) < 4.78 is 10.0. The fourth-order valence-corrected chi connectivity index (χ4v) is 1.84. The Labute approximate surface area is 124 Å². The minimum atomic E-state index is -0.0430. The van der Waals surface area contributed by atoms with E-state index in [1.807, 2.05) is 0 Å². The lowest BCUT2D eigenvalue weighted by Gasteiger charge is -1.99. The molecule has 0 saturated heterocycles. The van der Waals surface area contributed by atoms with Crippen molar-refractivity contribution in [1.82, 2.24) is 20.3 Å². The molecule has 0 aliphatic rings. The molecule has 0 aliphatic carbocycles. The highest BCUT2D eigenvalue weighted by molar-refractivity contribution is 6.30. The summed E-state index contributed by atoms with van der Waals surface area (Å²) in [5.41, 5.74) is 0.818. The summed E-state index contributed by atoms with van der Waals surface area (Å²) in [6.07, 6.45) is 0. The van der Waals surface area contributed by atoms with E-state index < -0.39 is 0 Å². The maximum Gasteiger partial charge on any atom is 0.262 e. The highest BCUT2D eigenvalue weighted by atomic mass is 35.5. The summed E-state index contributed by atoms with van der Waals surface area (Å²) in [6.45, 7) is 0. The Morgan fingerprint density at radius 2 is 2.05 bits per heavy atom. The highest BCUT2D eigenvalue weighted by Gasteiger charge is 2.15. The summed E-state index contributed by atoms with van der Waals surface area (Å²) >= 11 is 5.78. The lowest BCUT2D eigenvalue weighted by Crippen LogP contribution is -1.93. The number of nitrogens with zero attached hydrogens (tertiary/aromatic N) is 4. The molecule has 3 rings (SSSR count). The molecule has 0 saturated carbocycles. The zero-order valence-electron chi connectivity index (χ0n) is 10.8. The molecule has 0 aliphatic heterocycles. The molecule has 1 N–H and O–H groups in total. The molecule has 8 heteroatoms. The van der Waals surface area contributed by atoms with E-state index in [2.05, 4.69) is 20.3 Å². The zero-order valence-corrected chi connectivity index (χ0v) is 11.6. The van der Waals surface area contributed by atoms with Gasteiger partial charge in [-0.15, -0.1) is 10.2 Å². The Hall–Kier alpha value is -2.67. The SMILES string of the molecule is COc1ccc(-c2noc(-c3ccc(Cl)cc3O)n2)nn1. The summed E-state index contributed by atoms with van der Waals surface area (Å²) in [4.78, 5) is 4.17. The number of rotatable bonds is 3. The quantitative estimate of drug-likeness (QED) is 0.794. The topological polar surface area (TPSA) is 94.2 Å². The molecular formula is C13H9ClN4O3. The fraction of sp³-hybridized carbons (Fsp3) is 0.0769. The average molecular weight is 305 g/mol. The van der Waals surface area contributed by atoms with E-state index in [4.69, 9.17) is 20.9 Å². The van der Waals surface area contributed by atoms with Crippen LogP contribution in [0.3, 0.4) is 0 Å². The number of halogens is 1. The van der Waals surface area contributed by atoms with Crippen molar-refractivity contribution in [2.24, 2.45) is 0 Å². The normalized spacial score (nSPS) is 10.6. The molecule has 0 atom stereocenters. The molecule has 0 unspecified atom stereocenters. The third-order valence-electron chi connectivity index (χ3n) is 2.69. The molecule has 3 aromatic rings. The second-order valence-electron chi connectivity index (χ2n) is 4.05. The average Bonchev–Trinajstić information content (AvgIpc) is 2.97. The van der Waals surface area contributed by atoms with Crippen LogP contribution in [0.5, 0.6) is 11.6 Å². The van der Waals surface area contributed by atoms with Gasteiger partial charge >= 0.3 is 0 Å². The third kappa shape index (κ3) is 2.63. The number of methoxy groups -OCH3 is 1. The lowest BCUT2D eigenvalue weighted by molar-refractivity contribution is 0.392. The second kappa shape index (κ2) is 5.37. The number of hydrogen-bond donors (Lipinski definition) is 1. The number of phenolic OH excluding ortho intramolecular Hbond substituents is 1. The van der Waals surface area contributed by atoms with Crippen LogP contribution in [0.25, 0.3) is 23.0 Å². The van der Waals surface area contributed by atoms with Crippen LogP contribution in [0, 0.1) is 0 Å². The lowest BCUT2D eigenvalue weighted by atomic mass is 10.2. The molecule has 7 nitrogen and oxygen atoms in total. The van der Waals surface area contributed by atoms with Gasteiger partial charge in [-0.25, -0.2) is 0 Å². The van der Waals surface area contributed by atoms with E-state index in [1.54, 1.807) is 24.3 Å². The van der Waals surface area contributed by atoms with Gasteiger partial charge in [0.2, 0.25) is 11.7 Å². The van der Waals surface area contributed by atoms with Crippen LogP contribution >= 0.6 is 11.6 Å². The molecule has 1 aromatic carbocycles. The number of benzene rings is 1. The van der Waals surface area contributed by atoms with Gasteiger partial charge in [-0.2, -0.15) is 4.98 Å². The molecule has 0 fully saturated rings.